The Morgan fingerprint density at radius 2 is 1.59 bits per heavy atom. The van der Waals surface area contributed by atoms with Crippen molar-refractivity contribution in [2.45, 2.75) is 56.5 Å². The molecule has 1 amide bonds. The quantitative estimate of drug-likeness (QED) is 0.191. The molecular weight excluding hydrogens is 775 g/mol. The molecule has 4 bridgehead atoms. The fourth-order valence-electron chi connectivity index (χ4n) is 6.82. The minimum absolute atomic E-state index is 0.0648. The molecular formula is C37H28F11N3O5. The summed E-state index contributed by atoms with van der Waals surface area (Å²) in [6, 6.07) is 2.65. The van der Waals surface area contributed by atoms with Crippen molar-refractivity contribution in [1.29, 1.82) is 0 Å². The van der Waals surface area contributed by atoms with Crippen LogP contribution in [0.2, 0.25) is 0 Å². The molecule has 2 aliphatic rings. The van der Waals surface area contributed by atoms with Crippen LogP contribution in [-0.2, 0) is 34.5 Å². The molecule has 1 fully saturated rings. The van der Waals surface area contributed by atoms with Crippen LogP contribution in [0.25, 0.3) is 11.1 Å². The van der Waals surface area contributed by atoms with E-state index in [-0.39, 0.29) is 48.6 Å². The zero-order valence-electron chi connectivity index (χ0n) is 28.7. The lowest BCUT2D eigenvalue weighted by Crippen LogP contribution is -2.49. The number of halogens is 11. The molecule has 0 radical (unpaired) electrons. The van der Waals surface area contributed by atoms with Gasteiger partial charge in [0.15, 0.2) is 0 Å². The number of aryl methyl sites for hydroxylation is 1. The van der Waals surface area contributed by atoms with Gasteiger partial charge in [0.25, 0.3) is 5.56 Å². The number of nitrogens with one attached hydrogen (secondary N) is 1. The lowest BCUT2D eigenvalue weighted by atomic mass is 9.90. The molecule has 2 aliphatic heterocycles. The van der Waals surface area contributed by atoms with Crippen molar-refractivity contribution in [3.8, 4) is 22.6 Å². The van der Waals surface area contributed by atoms with Crippen LogP contribution in [0.1, 0.15) is 57.4 Å². The van der Waals surface area contributed by atoms with Crippen LogP contribution in [0.4, 0.5) is 48.3 Å². The van der Waals surface area contributed by atoms with E-state index in [4.69, 9.17) is 4.74 Å². The van der Waals surface area contributed by atoms with Gasteiger partial charge in [0.2, 0.25) is 5.91 Å². The van der Waals surface area contributed by atoms with Gasteiger partial charge in [-0.25, -0.2) is 8.78 Å². The third-order valence-corrected chi connectivity index (χ3v) is 9.40. The zero-order chi connectivity index (χ0) is 41.1. The molecule has 3 aromatic carbocycles. The summed E-state index contributed by atoms with van der Waals surface area (Å²) in [5.41, 5.74) is -9.20. The first kappa shape index (κ1) is 40.2. The molecule has 1 saturated heterocycles. The van der Waals surface area contributed by atoms with Gasteiger partial charge in [-0.05, 0) is 72.0 Å². The molecule has 0 unspecified atom stereocenters. The number of carboxylic acid groups (broad SMARTS) is 1. The maximum absolute atomic E-state index is 16.0. The second-order valence-corrected chi connectivity index (χ2v) is 13.4. The predicted octanol–water partition coefficient (Wildman–Crippen LogP) is 8.24. The van der Waals surface area contributed by atoms with Crippen LogP contribution in [0.15, 0.2) is 65.6 Å². The van der Waals surface area contributed by atoms with Crippen LogP contribution in [0.5, 0.6) is 11.5 Å². The highest BCUT2D eigenvalue weighted by molar-refractivity contribution is 5.85. The number of carboxylic acids is 1. The number of carbonyl (C=O) groups excluding carboxylic acids is 1. The molecule has 2 N–H and O–H groups in total. The number of benzene rings is 3. The number of rotatable bonds is 6. The standard InChI is InChI=1S/C37H28F11N3O5/c1-17-7-21(35(40,41)42)11-28-31(17)20-9-24(32(39)26(10-20)37(46,47)48)27(13-30(53)54)49-34(55)33(18-3-2-4-23(8-18)56-28)51-14-19(5-6-50-15-22(38)16-50)25(12-29(51)52)36(43,44)45/h2-4,7-12,14,22,27,33H,5-6,13,15-16H2,1H3,(H,49,55)(H,53,54)/t27-,33-/m1/s1. The van der Waals surface area contributed by atoms with Gasteiger partial charge in [-0.3, -0.25) is 23.9 Å². The highest BCUT2D eigenvalue weighted by Gasteiger charge is 2.40. The highest BCUT2D eigenvalue weighted by Crippen LogP contribution is 2.45. The summed E-state index contributed by atoms with van der Waals surface area (Å²) in [4.78, 5) is 41.4. The Hall–Kier alpha value is -5.46. The Morgan fingerprint density at radius 3 is 2.20 bits per heavy atom. The fraction of sp³-hybridized carbons (Fsp3) is 0.324. The molecule has 0 spiro atoms. The largest absolute Gasteiger partial charge is 0.481 e. The summed E-state index contributed by atoms with van der Waals surface area (Å²) < 4.78 is 164. The number of aliphatic carboxylic acids is 1. The van der Waals surface area contributed by atoms with Crippen molar-refractivity contribution in [2.24, 2.45) is 0 Å². The Kier molecular flexibility index (Phi) is 10.5. The van der Waals surface area contributed by atoms with Gasteiger partial charge in [-0.15, -0.1) is 0 Å². The van der Waals surface area contributed by atoms with E-state index >= 15 is 4.39 Å². The van der Waals surface area contributed by atoms with Gasteiger partial charge < -0.3 is 15.2 Å². The van der Waals surface area contributed by atoms with Crippen LogP contribution in [0.3, 0.4) is 0 Å². The van der Waals surface area contributed by atoms with Crippen LogP contribution < -0.4 is 15.6 Å². The van der Waals surface area contributed by atoms with Crippen LogP contribution >= 0.6 is 0 Å². The summed E-state index contributed by atoms with van der Waals surface area (Å²) in [5, 5.41) is 11.9. The van der Waals surface area contributed by atoms with E-state index in [2.05, 4.69) is 5.32 Å². The number of amides is 1. The lowest BCUT2D eigenvalue weighted by molar-refractivity contribution is -0.140. The van der Waals surface area contributed by atoms with Gasteiger partial charge in [0.05, 0.1) is 29.2 Å². The summed E-state index contributed by atoms with van der Waals surface area (Å²) in [5.74, 6) is -6.24. The first-order valence-electron chi connectivity index (χ1n) is 16.6. The van der Waals surface area contributed by atoms with Gasteiger partial charge in [0.1, 0.15) is 29.5 Å². The Labute approximate surface area is 309 Å². The van der Waals surface area contributed by atoms with E-state index in [1.165, 1.54) is 23.1 Å². The normalized spacial score (nSPS) is 18.1. The molecule has 2 atom stereocenters. The van der Waals surface area contributed by atoms with Crippen molar-refractivity contribution in [1.82, 2.24) is 14.8 Å². The molecule has 8 nitrogen and oxygen atoms in total. The second kappa shape index (κ2) is 14.6. The number of nitrogens with zero attached hydrogens (tertiary/aromatic N) is 2. The van der Waals surface area contributed by atoms with Crippen molar-refractivity contribution in [3.05, 3.63) is 116 Å². The average Bonchev–Trinajstić information content (AvgIpc) is 3.05. The number of alkyl halides is 10. The minimum atomic E-state index is -5.47. The molecule has 4 aromatic rings. The first-order valence-corrected chi connectivity index (χ1v) is 16.6. The SMILES string of the molecule is Cc1cc(C(F)(F)F)cc2c1-c1cc(c(F)c(C(F)(F)F)c1)[C@@H](CC(=O)O)NC(=O)[C@H](n1cc(CCN3CC(F)C3)c(C(F)(F)F)cc1=O)c1cccc(c1)O2. The second-order valence-electron chi connectivity index (χ2n) is 13.4. The maximum Gasteiger partial charge on any atom is 0.419 e. The third-order valence-electron chi connectivity index (χ3n) is 9.40. The van der Waals surface area contributed by atoms with E-state index in [1.54, 1.807) is 0 Å². The topological polar surface area (TPSA) is 101 Å². The van der Waals surface area contributed by atoms with Crippen molar-refractivity contribution in [2.75, 3.05) is 19.6 Å². The van der Waals surface area contributed by atoms with E-state index in [1.807, 2.05) is 0 Å². The fourth-order valence-corrected chi connectivity index (χ4v) is 6.82. The Balaban J connectivity index is 1.63. The monoisotopic (exact) mass is 803 g/mol. The number of ether oxygens (including phenoxy) is 1. The van der Waals surface area contributed by atoms with E-state index in [9.17, 15) is 63.4 Å². The van der Waals surface area contributed by atoms with E-state index < -0.39 is 118 Å². The van der Waals surface area contributed by atoms with Gasteiger partial charge in [-0.2, -0.15) is 39.5 Å². The van der Waals surface area contributed by atoms with Crippen molar-refractivity contribution >= 4 is 11.9 Å². The van der Waals surface area contributed by atoms with Gasteiger partial charge in [0, 0.05) is 43.0 Å². The number of hydrogen-bond acceptors (Lipinski definition) is 5. The predicted molar refractivity (Wildman–Crippen MR) is 175 cm³/mol. The molecule has 1 aromatic heterocycles. The van der Waals surface area contributed by atoms with Crippen molar-refractivity contribution in [3.63, 3.8) is 0 Å². The van der Waals surface area contributed by atoms with Crippen LogP contribution in [0, 0.1) is 12.7 Å². The van der Waals surface area contributed by atoms with E-state index in [0.717, 1.165) is 13.0 Å². The third kappa shape index (κ3) is 8.22. The Bertz CT molecular complexity index is 2260. The summed E-state index contributed by atoms with van der Waals surface area (Å²) in [6.07, 6.45) is -17.7. The number of pyridine rings is 1. The summed E-state index contributed by atoms with van der Waals surface area (Å²) in [7, 11) is 0. The molecule has 0 aliphatic carbocycles. The van der Waals surface area contributed by atoms with Gasteiger partial charge >= 0.3 is 24.5 Å². The molecule has 56 heavy (non-hydrogen) atoms. The number of likely N-dealkylation sites (tertiary alicyclic amines) is 1. The smallest absolute Gasteiger partial charge is 0.419 e. The number of hydrogen-bond donors (Lipinski definition) is 2. The zero-order valence-corrected chi connectivity index (χ0v) is 28.7. The molecule has 19 heteroatoms. The highest BCUT2D eigenvalue weighted by atomic mass is 19.4. The Morgan fingerprint density at radius 1 is 0.911 bits per heavy atom. The first-order chi connectivity index (χ1) is 26.0. The van der Waals surface area contributed by atoms with Gasteiger partial charge in [-0.1, -0.05) is 12.1 Å². The number of carbonyl (C=O) groups is 2. The van der Waals surface area contributed by atoms with Crippen molar-refractivity contribution < 1.29 is 67.7 Å². The summed E-state index contributed by atoms with van der Waals surface area (Å²) in [6.45, 7) is 0.884. The molecule has 0 saturated carbocycles. The maximum atomic E-state index is 16.0. The molecule has 6 rings (SSSR count). The lowest BCUT2D eigenvalue weighted by Gasteiger charge is -2.34. The average molecular weight is 804 g/mol. The van der Waals surface area contributed by atoms with Crippen LogP contribution in [-0.4, -0.2) is 52.3 Å². The molecule has 3 heterocycles. The minimum Gasteiger partial charge on any atom is -0.481 e. The number of aromatic nitrogens is 1. The van der Waals surface area contributed by atoms with E-state index in [0.29, 0.717) is 29.0 Å². The summed E-state index contributed by atoms with van der Waals surface area (Å²) >= 11 is 0. The number of fused-ring (bicyclic) bond motifs is 6. The molecule has 298 valence electrons.